The Bertz CT molecular complexity index is 495. The molecule has 0 spiro atoms. The summed E-state index contributed by atoms with van der Waals surface area (Å²) in [5.74, 6) is 0. The summed E-state index contributed by atoms with van der Waals surface area (Å²) in [6, 6.07) is 8.11. The number of aromatic nitrogens is 3. The second kappa shape index (κ2) is 5.29. The molecule has 0 aliphatic carbocycles. The third-order valence-electron chi connectivity index (χ3n) is 2.75. The van der Waals surface area contributed by atoms with Crippen LogP contribution < -0.4 is 5.32 Å². The highest BCUT2D eigenvalue weighted by atomic mass is 35.5. The fourth-order valence-corrected chi connectivity index (χ4v) is 1.82. The second-order valence-corrected chi connectivity index (χ2v) is 4.44. The third kappa shape index (κ3) is 3.05. The van der Waals surface area contributed by atoms with E-state index in [0.717, 1.165) is 17.3 Å². The van der Waals surface area contributed by atoms with Gasteiger partial charge in [-0.3, -0.25) is 4.68 Å². The van der Waals surface area contributed by atoms with Gasteiger partial charge in [0.1, 0.15) is 0 Å². The van der Waals surface area contributed by atoms with Crippen LogP contribution in [0.5, 0.6) is 0 Å². The van der Waals surface area contributed by atoms with Crippen LogP contribution in [0.4, 0.5) is 0 Å². The lowest BCUT2D eigenvalue weighted by Gasteiger charge is -2.14. The van der Waals surface area contributed by atoms with Crippen molar-refractivity contribution in [3.8, 4) is 0 Å². The molecule has 1 N–H and O–H groups in total. The molecule has 1 atom stereocenters. The Morgan fingerprint density at radius 3 is 2.94 bits per heavy atom. The molecule has 90 valence electrons. The zero-order chi connectivity index (χ0) is 12.3. The average Bonchev–Trinajstić information content (AvgIpc) is 2.72. The molecule has 4 nitrogen and oxygen atoms in total. The van der Waals surface area contributed by atoms with Crippen molar-refractivity contribution in [2.75, 3.05) is 0 Å². The zero-order valence-electron chi connectivity index (χ0n) is 9.89. The Morgan fingerprint density at radius 2 is 2.29 bits per heavy atom. The molecule has 0 amide bonds. The Hall–Kier alpha value is -1.39. The summed E-state index contributed by atoms with van der Waals surface area (Å²) in [5.41, 5.74) is 2.23. The maximum absolute atomic E-state index is 5.96. The monoisotopic (exact) mass is 250 g/mol. The van der Waals surface area contributed by atoms with Gasteiger partial charge in [0.15, 0.2) is 0 Å². The van der Waals surface area contributed by atoms with Crippen LogP contribution >= 0.6 is 11.6 Å². The minimum absolute atomic E-state index is 0.239. The SMILES string of the molecule is C[C@H](NCc1cnnn1C)c1cccc(Cl)c1. The summed E-state index contributed by atoms with van der Waals surface area (Å²) in [6.45, 7) is 2.84. The molecular weight excluding hydrogens is 236 g/mol. The first-order chi connectivity index (χ1) is 8.16. The molecule has 1 aromatic heterocycles. The fourth-order valence-electron chi connectivity index (χ4n) is 1.62. The lowest BCUT2D eigenvalue weighted by Crippen LogP contribution is -2.19. The van der Waals surface area contributed by atoms with Crippen molar-refractivity contribution in [2.45, 2.75) is 19.5 Å². The summed E-state index contributed by atoms with van der Waals surface area (Å²) in [7, 11) is 1.88. The molecule has 0 fully saturated rings. The lowest BCUT2D eigenvalue weighted by molar-refractivity contribution is 0.546. The van der Waals surface area contributed by atoms with Crippen molar-refractivity contribution < 1.29 is 0 Å². The number of nitrogens with zero attached hydrogens (tertiary/aromatic N) is 3. The Labute approximate surface area is 106 Å². The summed E-state index contributed by atoms with van der Waals surface area (Å²) in [4.78, 5) is 0. The number of hydrogen-bond donors (Lipinski definition) is 1. The number of hydrogen-bond acceptors (Lipinski definition) is 3. The molecule has 2 aromatic rings. The van der Waals surface area contributed by atoms with E-state index in [1.165, 1.54) is 5.56 Å². The molecule has 0 saturated carbocycles. The second-order valence-electron chi connectivity index (χ2n) is 4.01. The normalized spacial score (nSPS) is 12.6. The van der Waals surface area contributed by atoms with Crippen molar-refractivity contribution in [3.63, 3.8) is 0 Å². The minimum Gasteiger partial charge on any atom is -0.305 e. The summed E-state index contributed by atoms with van der Waals surface area (Å²) in [5, 5.41) is 11.9. The third-order valence-corrected chi connectivity index (χ3v) is 2.98. The smallest absolute Gasteiger partial charge is 0.0738 e. The Kier molecular flexibility index (Phi) is 3.76. The van der Waals surface area contributed by atoms with Crippen LogP contribution in [0.3, 0.4) is 0 Å². The molecule has 0 aliphatic rings. The van der Waals surface area contributed by atoms with E-state index in [-0.39, 0.29) is 6.04 Å². The highest BCUT2D eigenvalue weighted by molar-refractivity contribution is 6.30. The van der Waals surface area contributed by atoms with Gasteiger partial charge >= 0.3 is 0 Å². The van der Waals surface area contributed by atoms with Gasteiger partial charge in [-0.05, 0) is 24.6 Å². The van der Waals surface area contributed by atoms with Gasteiger partial charge in [-0.2, -0.15) is 0 Å². The van der Waals surface area contributed by atoms with Crippen LogP contribution in [-0.4, -0.2) is 15.0 Å². The first kappa shape index (κ1) is 12.1. The van der Waals surface area contributed by atoms with Gasteiger partial charge in [-0.1, -0.05) is 28.9 Å². The fraction of sp³-hybridized carbons (Fsp3) is 0.333. The quantitative estimate of drug-likeness (QED) is 0.906. The van der Waals surface area contributed by atoms with Crippen LogP contribution in [0.15, 0.2) is 30.5 Å². The average molecular weight is 251 g/mol. The first-order valence-electron chi connectivity index (χ1n) is 5.49. The molecule has 0 saturated heterocycles. The van der Waals surface area contributed by atoms with Crippen LogP contribution in [0, 0.1) is 0 Å². The van der Waals surface area contributed by atoms with Gasteiger partial charge in [0, 0.05) is 24.7 Å². The summed E-state index contributed by atoms with van der Waals surface area (Å²) >= 11 is 5.96. The van der Waals surface area contributed by atoms with Crippen molar-refractivity contribution in [1.29, 1.82) is 0 Å². The van der Waals surface area contributed by atoms with E-state index < -0.39 is 0 Å². The molecule has 0 aliphatic heterocycles. The van der Waals surface area contributed by atoms with Crippen molar-refractivity contribution in [3.05, 3.63) is 46.7 Å². The van der Waals surface area contributed by atoms with E-state index in [1.807, 2.05) is 25.2 Å². The van der Waals surface area contributed by atoms with Crippen molar-refractivity contribution >= 4 is 11.6 Å². The predicted octanol–water partition coefficient (Wildman–Crippen LogP) is 2.32. The standard InChI is InChI=1S/C12H15ClN4/c1-9(10-4-3-5-11(13)6-10)14-7-12-8-15-16-17(12)2/h3-6,8-9,14H,7H2,1-2H3/t9-/m0/s1. The first-order valence-corrected chi connectivity index (χ1v) is 5.87. The molecule has 1 heterocycles. The molecule has 0 unspecified atom stereocenters. The Morgan fingerprint density at radius 1 is 1.47 bits per heavy atom. The topological polar surface area (TPSA) is 42.7 Å². The largest absolute Gasteiger partial charge is 0.305 e. The summed E-state index contributed by atoms with van der Waals surface area (Å²) < 4.78 is 1.76. The van der Waals surface area contributed by atoms with E-state index in [2.05, 4.69) is 28.6 Å². The molecular formula is C12H15ClN4. The maximum Gasteiger partial charge on any atom is 0.0738 e. The number of aryl methyl sites for hydroxylation is 1. The Balaban J connectivity index is 1.98. The molecule has 0 radical (unpaired) electrons. The van der Waals surface area contributed by atoms with Crippen LogP contribution in [-0.2, 0) is 13.6 Å². The van der Waals surface area contributed by atoms with Gasteiger partial charge in [0.05, 0.1) is 11.9 Å². The van der Waals surface area contributed by atoms with Crippen LogP contribution in [0.2, 0.25) is 5.02 Å². The van der Waals surface area contributed by atoms with Gasteiger partial charge < -0.3 is 5.32 Å². The van der Waals surface area contributed by atoms with E-state index in [1.54, 1.807) is 10.9 Å². The minimum atomic E-state index is 0.239. The van der Waals surface area contributed by atoms with Crippen LogP contribution in [0.1, 0.15) is 24.2 Å². The molecule has 17 heavy (non-hydrogen) atoms. The van der Waals surface area contributed by atoms with E-state index in [0.29, 0.717) is 0 Å². The van der Waals surface area contributed by atoms with Crippen molar-refractivity contribution in [2.24, 2.45) is 7.05 Å². The van der Waals surface area contributed by atoms with Gasteiger partial charge in [0.25, 0.3) is 0 Å². The van der Waals surface area contributed by atoms with Gasteiger partial charge in [-0.15, -0.1) is 5.10 Å². The van der Waals surface area contributed by atoms with E-state index in [4.69, 9.17) is 11.6 Å². The number of rotatable bonds is 4. The number of halogens is 1. The maximum atomic E-state index is 5.96. The highest BCUT2D eigenvalue weighted by Crippen LogP contribution is 2.17. The van der Waals surface area contributed by atoms with Gasteiger partial charge in [0.2, 0.25) is 0 Å². The predicted molar refractivity (Wildman–Crippen MR) is 67.7 cm³/mol. The zero-order valence-corrected chi connectivity index (χ0v) is 10.6. The van der Waals surface area contributed by atoms with Crippen LogP contribution in [0.25, 0.3) is 0 Å². The van der Waals surface area contributed by atoms with Crippen molar-refractivity contribution in [1.82, 2.24) is 20.3 Å². The number of nitrogens with one attached hydrogen (secondary N) is 1. The summed E-state index contributed by atoms with van der Waals surface area (Å²) in [6.07, 6.45) is 1.76. The molecule has 5 heteroatoms. The molecule has 1 aromatic carbocycles. The number of benzene rings is 1. The van der Waals surface area contributed by atoms with E-state index in [9.17, 15) is 0 Å². The molecule has 0 bridgehead atoms. The molecule has 2 rings (SSSR count). The highest BCUT2D eigenvalue weighted by Gasteiger charge is 2.06. The van der Waals surface area contributed by atoms with Gasteiger partial charge in [-0.25, -0.2) is 0 Å². The lowest BCUT2D eigenvalue weighted by atomic mass is 10.1. The van der Waals surface area contributed by atoms with E-state index >= 15 is 0 Å².